The number of aryl methyl sites for hydroxylation is 1. The van der Waals surface area contributed by atoms with Crippen molar-refractivity contribution in [2.24, 2.45) is 4.99 Å². The van der Waals surface area contributed by atoms with Crippen LogP contribution >= 0.6 is 24.0 Å². The molecule has 0 spiro atoms. The molecule has 8 heteroatoms. The number of halogens is 1. The van der Waals surface area contributed by atoms with E-state index in [0.29, 0.717) is 24.7 Å². The molecule has 1 aliphatic rings. The minimum Gasteiger partial charge on any atom is -0.490 e. The van der Waals surface area contributed by atoms with Gasteiger partial charge in [-0.15, -0.1) is 24.0 Å². The minimum atomic E-state index is 0. The number of rotatable bonds is 6. The molecule has 3 rings (SSSR count). The molecule has 1 N–H and O–H groups in total. The summed E-state index contributed by atoms with van der Waals surface area (Å²) in [6, 6.07) is 10.0. The molecular weight excluding hydrogens is 457 g/mol. The highest BCUT2D eigenvalue weighted by molar-refractivity contribution is 14.0. The first-order valence-electron chi connectivity index (χ1n) is 9.28. The monoisotopic (exact) mass is 485 g/mol. The normalized spacial score (nSPS) is 15.3. The topological polar surface area (TPSA) is 75.8 Å². The van der Waals surface area contributed by atoms with Crippen LogP contribution < -0.4 is 10.1 Å². The maximum Gasteiger partial charge on any atom is 0.228 e. The SMILES string of the molecule is CCNC(=NCCc1nc(C)no1)N1CCC(Oc2ccccc2)CC1.I. The number of likely N-dealkylation sites (tertiary alicyclic amines) is 1. The van der Waals surface area contributed by atoms with E-state index in [2.05, 4.69) is 27.3 Å². The summed E-state index contributed by atoms with van der Waals surface area (Å²) >= 11 is 0. The summed E-state index contributed by atoms with van der Waals surface area (Å²) < 4.78 is 11.2. The summed E-state index contributed by atoms with van der Waals surface area (Å²) in [5.74, 6) is 3.19. The molecule has 0 amide bonds. The van der Waals surface area contributed by atoms with Gasteiger partial charge in [0.1, 0.15) is 11.9 Å². The Hall–Kier alpha value is -1.84. The summed E-state index contributed by atoms with van der Waals surface area (Å²) in [5.41, 5.74) is 0. The molecule has 0 radical (unpaired) electrons. The van der Waals surface area contributed by atoms with Crippen molar-refractivity contribution in [3.63, 3.8) is 0 Å². The first-order valence-corrected chi connectivity index (χ1v) is 9.28. The van der Waals surface area contributed by atoms with Gasteiger partial charge in [0.25, 0.3) is 0 Å². The van der Waals surface area contributed by atoms with E-state index in [1.165, 1.54) is 0 Å². The van der Waals surface area contributed by atoms with Crippen molar-refractivity contribution < 1.29 is 9.26 Å². The lowest BCUT2D eigenvalue weighted by Gasteiger charge is -2.34. The van der Waals surface area contributed by atoms with Gasteiger partial charge in [-0.2, -0.15) is 4.98 Å². The highest BCUT2D eigenvalue weighted by Gasteiger charge is 2.22. The molecule has 7 nitrogen and oxygen atoms in total. The third-order valence-electron chi connectivity index (χ3n) is 4.28. The van der Waals surface area contributed by atoms with Gasteiger partial charge >= 0.3 is 0 Å². The molecule has 1 aromatic heterocycles. The molecule has 2 heterocycles. The summed E-state index contributed by atoms with van der Waals surface area (Å²) in [7, 11) is 0. The lowest BCUT2D eigenvalue weighted by molar-refractivity contribution is 0.129. The Morgan fingerprint density at radius 1 is 1.30 bits per heavy atom. The molecule has 1 aliphatic heterocycles. The number of ether oxygens (including phenoxy) is 1. The van der Waals surface area contributed by atoms with Crippen LogP contribution in [0.4, 0.5) is 0 Å². The molecule has 0 bridgehead atoms. The number of hydrogen-bond donors (Lipinski definition) is 1. The lowest BCUT2D eigenvalue weighted by atomic mass is 10.1. The zero-order chi connectivity index (χ0) is 18.2. The van der Waals surface area contributed by atoms with Gasteiger partial charge in [-0.1, -0.05) is 23.4 Å². The van der Waals surface area contributed by atoms with Crippen LogP contribution in [0.3, 0.4) is 0 Å². The zero-order valence-corrected chi connectivity index (χ0v) is 18.3. The van der Waals surface area contributed by atoms with Crippen molar-refractivity contribution in [1.82, 2.24) is 20.4 Å². The van der Waals surface area contributed by atoms with Crippen molar-refractivity contribution in [2.75, 3.05) is 26.2 Å². The first kappa shape index (κ1) is 21.5. The van der Waals surface area contributed by atoms with Crippen LogP contribution in [0.25, 0.3) is 0 Å². The fraction of sp³-hybridized carbons (Fsp3) is 0.526. The van der Waals surface area contributed by atoms with Crippen LogP contribution in [-0.2, 0) is 6.42 Å². The maximum atomic E-state index is 6.07. The Balaban J connectivity index is 0.00000261. The van der Waals surface area contributed by atoms with Crippen molar-refractivity contribution in [3.8, 4) is 5.75 Å². The smallest absolute Gasteiger partial charge is 0.228 e. The van der Waals surface area contributed by atoms with E-state index in [1.807, 2.05) is 37.3 Å². The number of hydrogen-bond acceptors (Lipinski definition) is 5. The lowest BCUT2D eigenvalue weighted by Crippen LogP contribution is -2.47. The van der Waals surface area contributed by atoms with Crippen molar-refractivity contribution >= 4 is 29.9 Å². The van der Waals surface area contributed by atoms with E-state index in [1.54, 1.807) is 0 Å². The molecule has 27 heavy (non-hydrogen) atoms. The number of aromatic nitrogens is 2. The van der Waals surface area contributed by atoms with Gasteiger partial charge in [0.2, 0.25) is 5.89 Å². The Kier molecular flexibility index (Phi) is 8.83. The Bertz CT molecular complexity index is 699. The maximum absolute atomic E-state index is 6.07. The van der Waals surface area contributed by atoms with Gasteiger partial charge in [0, 0.05) is 38.9 Å². The molecule has 0 aliphatic carbocycles. The fourth-order valence-electron chi connectivity index (χ4n) is 3.00. The predicted molar refractivity (Wildman–Crippen MR) is 116 cm³/mol. The number of nitrogens with one attached hydrogen (secondary N) is 1. The standard InChI is InChI=1S/C19H27N5O2.HI/c1-3-20-19(21-12-9-18-22-15(2)23-26-18)24-13-10-17(11-14-24)25-16-7-5-4-6-8-16;/h4-8,17H,3,9-14H2,1-2H3,(H,20,21);1H. The van der Waals surface area contributed by atoms with Gasteiger partial charge in [0.05, 0.1) is 6.54 Å². The third-order valence-corrected chi connectivity index (χ3v) is 4.28. The van der Waals surface area contributed by atoms with Crippen LogP contribution in [-0.4, -0.2) is 53.3 Å². The number of para-hydroxylation sites is 1. The first-order chi connectivity index (χ1) is 12.7. The largest absolute Gasteiger partial charge is 0.490 e. The number of aliphatic imine (C=N–C) groups is 1. The fourth-order valence-corrected chi connectivity index (χ4v) is 3.00. The van der Waals surface area contributed by atoms with E-state index in [-0.39, 0.29) is 30.1 Å². The van der Waals surface area contributed by atoms with Crippen LogP contribution in [0.2, 0.25) is 0 Å². The predicted octanol–water partition coefficient (Wildman–Crippen LogP) is 3.05. The molecule has 148 valence electrons. The van der Waals surface area contributed by atoms with E-state index >= 15 is 0 Å². The Morgan fingerprint density at radius 3 is 2.67 bits per heavy atom. The quantitative estimate of drug-likeness (QED) is 0.385. The van der Waals surface area contributed by atoms with Gasteiger partial charge in [0.15, 0.2) is 11.8 Å². The molecule has 2 aromatic rings. The molecule has 1 fully saturated rings. The van der Waals surface area contributed by atoms with Crippen molar-refractivity contribution in [3.05, 3.63) is 42.0 Å². The van der Waals surface area contributed by atoms with E-state index in [9.17, 15) is 0 Å². The van der Waals surface area contributed by atoms with E-state index < -0.39 is 0 Å². The highest BCUT2D eigenvalue weighted by Crippen LogP contribution is 2.18. The Morgan fingerprint density at radius 2 is 2.04 bits per heavy atom. The van der Waals surface area contributed by atoms with Crippen LogP contribution in [0.15, 0.2) is 39.8 Å². The van der Waals surface area contributed by atoms with E-state index in [0.717, 1.165) is 44.2 Å². The molecule has 0 saturated carbocycles. The molecule has 1 saturated heterocycles. The number of benzene rings is 1. The van der Waals surface area contributed by atoms with Crippen molar-refractivity contribution in [2.45, 2.75) is 39.2 Å². The zero-order valence-electron chi connectivity index (χ0n) is 15.9. The van der Waals surface area contributed by atoms with Gasteiger partial charge in [-0.25, -0.2) is 0 Å². The second kappa shape index (κ2) is 11.1. The van der Waals surface area contributed by atoms with Gasteiger partial charge in [-0.3, -0.25) is 4.99 Å². The molecular formula is C19H28IN5O2. The molecule has 1 aromatic carbocycles. The van der Waals surface area contributed by atoms with Crippen LogP contribution in [0.5, 0.6) is 5.75 Å². The summed E-state index contributed by atoms with van der Waals surface area (Å²) in [5, 5.41) is 7.19. The van der Waals surface area contributed by atoms with Gasteiger partial charge < -0.3 is 19.5 Å². The van der Waals surface area contributed by atoms with Crippen LogP contribution in [0, 0.1) is 6.92 Å². The number of nitrogens with zero attached hydrogens (tertiary/aromatic N) is 4. The number of guanidine groups is 1. The molecule has 0 atom stereocenters. The summed E-state index contributed by atoms with van der Waals surface area (Å²) in [4.78, 5) is 11.2. The summed E-state index contributed by atoms with van der Waals surface area (Å²) in [6.07, 6.45) is 2.89. The average Bonchev–Trinajstić information content (AvgIpc) is 3.08. The summed E-state index contributed by atoms with van der Waals surface area (Å²) in [6.45, 7) is 7.25. The average molecular weight is 485 g/mol. The third kappa shape index (κ3) is 6.67. The van der Waals surface area contributed by atoms with Gasteiger partial charge in [-0.05, 0) is 26.0 Å². The minimum absolute atomic E-state index is 0. The Labute approximate surface area is 177 Å². The van der Waals surface area contributed by atoms with Crippen molar-refractivity contribution in [1.29, 1.82) is 0 Å². The molecule has 0 unspecified atom stereocenters. The number of piperidine rings is 1. The second-order valence-corrected chi connectivity index (χ2v) is 6.34. The highest BCUT2D eigenvalue weighted by atomic mass is 127. The van der Waals surface area contributed by atoms with Crippen LogP contribution in [0.1, 0.15) is 31.5 Å². The van der Waals surface area contributed by atoms with E-state index in [4.69, 9.17) is 14.3 Å². The second-order valence-electron chi connectivity index (χ2n) is 6.34.